The van der Waals surface area contributed by atoms with E-state index in [4.69, 9.17) is 17.3 Å². The maximum atomic E-state index is 5.70. The Morgan fingerprint density at radius 3 is 2.79 bits per heavy atom. The van der Waals surface area contributed by atoms with Gasteiger partial charge in [-0.15, -0.1) is 5.10 Å². The van der Waals surface area contributed by atoms with Crippen LogP contribution in [0.4, 0.5) is 5.82 Å². The molecule has 0 aliphatic rings. The van der Waals surface area contributed by atoms with E-state index in [1.807, 2.05) is 6.07 Å². The third kappa shape index (κ3) is 1.82. The van der Waals surface area contributed by atoms with Gasteiger partial charge >= 0.3 is 0 Å². The van der Waals surface area contributed by atoms with E-state index >= 15 is 0 Å². The Bertz CT molecular complexity index is 422. The van der Waals surface area contributed by atoms with Crippen molar-refractivity contribution in [2.24, 2.45) is 0 Å². The molecule has 0 saturated heterocycles. The minimum Gasteiger partial charge on any atom is -0.383 e. The lowest BCUT2D eigenvalue weighted by Crippen LogP contribution is -2.06. The van der Waals surface area contributed by atoms with Crippen LogP contribution in [0.1, 0.15) is 5.69 Å². The van der Waals surface area contributed by atoms with Gasteiger partial charge in [0.05, 0.1) is 23.5 Å². The number of nitrogens with two attached hydrogens (primary N) is 1. The van der Waals surface area contributed by atoms with Crippen molar-refractivity contribution >= 4 is 17.4 Å². The number of nitrogens with zero attached hydrogens (tertiary/aromatic N) is 4. The molecule has 0 spiro atoms. The highest BCUT2D eigenvalue weighted by Crippen LogP contribution is 2.08. The molecule has 0 fully saturated rings. The van der Waals surface area contributed by atoms with Crippen LogP contribution < -0.4 is 5.73 Å². The lowest BCUT2D eigenvalue weighted by Gasteiger charge is -2.01. The van der Waals surface area contributed by atoms with E-state index in [9.17, 15) is 0 Å². The zero-order valence-electron chi connectivity index (χ0n) is 7.26. The van der Waals surface area contributed by atoms with Crippen LogP contribution in [-0.4, -0.2) is 20.0 Å². The standard InChI is InChI=1S/C8H8ClN5/c9-6-1-2-7(11-3-6)5-14-8(10)4-12-13-14/h1-4H,5,10H2. The second-order valence-electron chi connectivity index (χ2n) is 2.78. The van der Waals surface area contributed by atoms with Crippen LogP contribution in [0, 0.1) is 0 Å². The fourth-order valence-corrected chi connectivity index (χ4v) is 1.15. The average molecular weight is 210 g/mol. The molecule has 2 aromatic rings. The Morgan fingerprint density at radius 1 is 1.36 bits per heavy atom. The average Bonchev–Trinajstić information content (AvgIpc) is 2.56. The van der Waals surface area contributed by atoms with Gasteiger partial charge in [-0.25, -0.2) is 4.68 Å². The van der Waals surface area contributed by atoms with Crippen LogP contribution in [0.15, 0.2) is 24.5 Å². The number of halogens is 1. The van der Waals surface area contributed by atoms with E-state index in [0.29, 0.717) is 17.4 Å². The topological polar surface area (TPSA) is 69.6 Å². The number of anilines is 1. The van der Waals surface area contributed by atoms with Crippen molar-refractivity contribution < 1.29 is 0 Å². The van der Waals surface area contributed by atoms with Crippen LogP contribution >= 0.6 is 11.6 Å². The van der Waals surface area contributed by atoms with Crippen LogP contribution in [-0.2, 0) is 6.54 Å². The van der Waals surface area contributed by atoms with Crippen molar-refractivity contribution in [1.82, 2.24) is 20.0 Å². The number of nitrogen functional groups attached to an aromatic ring is 1. The summed E-state index contributed by atoms with van der Waals surface area (Å²) in [4.78, 5) is 4.12. The van der Waals surface area contributed by atoms with Crippen molar-refractivity contribution in [2.45, 2.75) is 6.54 Å². The molecule has 0 amide bonds. The maximum Gasteiger partial charge on any atom is 0.142 e. The Balaban J connectivity index is 2.19. The van der Waals surface area contributed by atoms with E-state index in [0.717, 1.165) is 5.69 Å². The molecule has 0 atom stereocenters. The van der Waals surface area contributed by atoms with E-state index < -0.39 is 0 Å². The smallest absolute Gasteiger partial charge is 0.142 e. The molecule has 2 aromatic heterocycles. The molecular formula is C8H8ClN5. The maximum absolute atomic E-state index is 5.70. The molecule has 0 radical (unpaired) electrons. The summed E-state index contributed by atoms with van der Waals surface area (Å²) in [7, 11) is 0. The van der Waals surface area contributed by atoms with Crippen molar-refractivity contribution in [3.05, 3.63) is 35.2 Å². The van der Waals surface area contributed by atoms with Crippen LogP contribution in [0.25, 0.3) is 0 Å². The van der Waals surface area contributed by atoms with Crippen molar-refractivity contribution in [2.75, 3.05) is 5.73 Å². The summed E-state index contributed by atoms with van der Waals surface area (Å²) in [5.41, 5.74) is 6.44. The minimum atomic E-state index is 0.503. The molecule has 2 rings (SSSR count). The molecule has 0 aromatic carbocycles. The highest BCUT2D eigenvalue weighted by Gasteiger charge is 2.01. The van der Waals surface area contributed by atoms with Crippen molar-refractivity contribution in [3.63, 3.8) is 0 Å². The first-order chi connectivity index (χ1) is 6.75. The molecule has 2 N–H and O–H groups in total. The first-order valence-corrected chi connectivity index (χ1v) is 4.38. The lowest BCUT2D eigenvalue weighted by molar-refractivity contribution is 0.646. The van der Waals surface area contributed by atoms with Crippen molar-refractivity contribution in [1.29, 1.82) is 0 Å². The first kappa shape index (κ1) is 8.96. The number of hydrogen-bond acceptors (Lipinski definition) is 4. The van der Waals surface area contributed by atoms with Crippen LogP contribution in [0.5, 0.6) is 0 Å². The first-order valence-electron chi connectivity index (χ1n) is 4.00. The fourth-order valence-electron chi connectivity index (χ4n) is 1.04. The molecule has 0 aliphatic carbocycles. The lowest BCUT2D eigenvalue weighted by atomic mass is 10.3. The van der Waals surface area contributed by atoms with E-state index in [-0.39, 0.29) is 0 Å². The molecule has 0 bridgehead atoms. The van der Waals surface area contributed by atoms with Crippen LogP contribution in [0.2, 0.25) is 5.02 Å². The molecule has 0 aliphatic heterocycles. The summed E-state index contributed by atoms with van der Waals surface area (Å²) < 4.78 is 1.57. The quantitative estimate of drug-likeness (QED) is 0.800. The Morgan fingerprint density at radius 2 is 2.21 bits per heavy atom. The van der Waals surface area contributed by atoms with Gasteiger partial charge in [-0.2, -0.15) is 0 Å². The predicted octanol–water partition coefficient (Wildman–Crippen LogP) is 0.957. The Kier molecular flexibility index (Phi) is 2.32. The number of pyridine rings is 1. The summed E-state index contributed by atoms with van der Waals surface area (Å²) in [6, 6.07) is 3.60. The van der Waals surface area contributed by atoms with Gasteiger partial charge in [-0.1, -0.05) is 16.8 Å². The van der Waals surface area contributed by atoms with Gasteiger partial charge in [0, 0.05) is 6.20 Å². The van der Waals surface area contributed by atoms with Gasteiger partial charge in [0.25, 0.3) is 0 Å². The van der Waals surface area contributed by atoms with E-state index in [1.54, 1.807) is 16.9 Å². The monoisotopic (exact) mass is 209 g/mol. The van der Waals surface area contributed by atoms with Gasteiger partial charge in [-0.3, -0.25) is 4.98 Å². The molecule has 2 heterocycles. The van der Waals surface area contributed by atoms with E-state index in [2.05, 4.69) is 15.3 Å². The third-order valence-electron chi connectivity index (χ3n) is 1.75. The predicted molar refractivity (Wildman–Crippen MR) is 52.8 cm³/mol. The van der Waals surface area contributed by atoms with Gasteiger partial charge < -0.3 is 5.73 Å². The summed E-state index contributed by atoms with van der Waals surface area (Å²) in [6.07, 6.45) is 3.08. The number of hydrogen-bond donors (Lipinski definition) is 1. The minimum absolute atomic E-state index is 0.503. The highest BCUT2D eigenvalue weighted by atomic mass is 35.5. The summed E-state index contributed by atoms with van der Waals surface area (Å²) in [5, 5.41) is 8.08. The second-order valence-corrected chi connectivity index (χ2v) is 3.22. The molecule has 0 unspecified atom stereocenters. The third-order valence-corrected chi connectivity index (χ3v) is 1.97. The zero-order chi connectivity index (χ0) is 9.97. The normalized spacial score (nSPS) is 10.4. The summed E-state index contributed by atoms with van der Waals surface area (Å²) in [5.74, 6) is 0.516. The molecular weight excluding hydrogens is 202 g/mol. The Labute approximate surface area is 85.5 Å². The largest absolute Gasteiger partial charge is 0.383 e. The molecule has 5 nitrogen and oxygen atoms in total. The van der Waals surface area contributed by atoms with Gasteiger partial charge in [0.1, 0.15) is 5.82 Å². The van der Waals surface area contributed by atoms with Crippen molar-refractivity contribution in [3.8, 4) is 0 Å². The number of aromatic nitrogens is 4. The second kappa shape index (κ2) is 3.63. The molecule has 14 heavy (non-hydrogen) atoms. The molecule has 0 saturated carbocycles. The molecule has 6 heteroatoms. The summed E-state index contributed by atoms with van der Waals surface area (Å²) >= 11 is 5.70. The van der Waals surface area contributed by atoms with E-state index in [1.165, 1.54) is 6.20 Å². The number of rotatable bonds is 2. The zero-order valence-corrected chi connectivity index (χ0v) is 8.02. The highest BCUT2D eigenvalue weighted by molar-refractivity contribution is 6.30. The van der Waals surface area contributed by atoms with Crippen LogP contribution in [0.3, 0.4) is 0 Å². The summed E-state index contributed by atoms with van der Waals surface area (Å²) in [6.45, 7) is 0.503. The fraction of sp³-hybridized carbons (Fsp3) is 0.125. The van der Waals surface area contributed by atoms with Gasteiger partial charge in [0.2, 0.25) is 0 Å². The Hall–Kier alpha value is -1.62. The van der Waals surface area contributed by atoms with Gasteiger partial charge in [0.15, 0.2) is 0 Å². The molecule has 72 valence electrons. The van der Waals surface area contributed by atoms with Gasteiger partial charge in [-0.05, 0) is 12.1 Å². The SMILES string of the molecule is Nc1cnnn1Cc1ccc(Cl)cn1.